The first kappa shape index (κ1) is 15.7. The van der Waals surface area contributed by atoms with Crippen molar-refractivity contribution in [3.8, 4) is 0 Å². The largest absolute Gasteiger partial charge is 0.289 e. The van der Waals surface area contributed by atoms with Crippen LogP contribution >= 0.6 is 0 Å². The smallest absolute Gasteiger partial charge is 0.193 e. The Kier molecular flexibility index (Phi) is 4.29. The number of halogens is 2. The molecular weight excluding hydrogens is 310 g/mol. The fourth-order valence-corrected chi connectivity index (χ4v) is 2.39. The lowest BCUT2D eigenvalue weighted by Crippen LogP contribution is -2.06. The Morgan fingerprint density at radius 1 is 0.542 bits per heavy atom. The van der Waals surface area contributed by atoms with Gasteiger partial charge in [-0.25, -0.2) is 8.78 Å². The third-order valence-corrected chi connectivity index (χ3v) is 3.56. The Morgan fingerprint density at radius 3 is 1.25 bits per heavy atom. The van der Waals surface area contributed by atoms with Crippen molar-refractivity contribution < 1.29 is 18.4 Å². The van der Waals surface area contributed by atoms with E-state index in [1.165, 1.54) is 42.5 Å². The maximum absolute atomic E-state index is 13.3. The van der Waals surface area contributed by atoms with Crippen molar-refractivity contribution in [2.45, 2.75) is 0 Å². The summed E-state index contributed by atoms with van der Waals surface area (Å²) in [6.07, 6.45) is 0. The van der Waals surface area contributed by atoms with Crippen molar-refractivity contribution in [1.82, 2.24) is 0 Å². The summed E-state index contributed by atoms with van der Waals surface area (Å²) in [7, 11) is 0. The van der Waals surface area contributed by atoms with E-state index in [9.17, 15) is 18.4 Å². The average molecular weight is 322 g/mol. The lowest BCUT2D eigenvalue weighted by atomic mass is 9.97. The van der Waals surface area contributed by atoms with Gasteiger partial charge in [-0.3, -0.25) is 9.59 Å². The van der Waals surface area contributed by atoms with Crippen LogP contribution in [-0.2, 0) is 0 Å². The average Bonchev–Trinajstić information content (AvgIpc) is 2.60. The molecule has 0 bridgehead atoms. The molecule has 0 saturated heterocycles. The van der Waals surface area contributed by atoms with Gasteiger partial charge in [-0.05, 0) is 30.3 Å². The first-order chi connectivity index (χ1) is 11.5. The Labute approximate surface area is 137 Å². The predicted octanol–water partition coefficient (Wildman–Crippen LogP) is 4.43. The lowest BCUT2D eigenvalue weighted by molar-refractivity contribution is 0.103. The molecule has 2 nitrogen and oxygen atoms in total. The lowest BCUT2D eigenvalue weighted by Gasteiger charge is -2.05. The monoisotopic (exact) mass is 322 g/mol. The van der Waals surface area contributed by atoms with Gasteiger partial charge in [0.1, 0.15) is 11.6 Å². The third-order valence-electron chi connectivity index (χ3n) is 3.56. The molecule has 24 heavy (non-hydrogen) atoms. The van der Waals surface area contributed by atoms with Gasteiger partial charge in [0.2, 0.25) is 0 Å². The van der Waals surface area contributed by atoms with Crippen LogP contribution in [-0.4, -0.2) is 11.6 Å². The van der Waals surface area contributed by atoms with Crippen LogP contribution in [0.15, 0.2) is 72.8 Å². The molecule has 0 aliphatic carbocycles. The van der Waals surface area contributed by atoms with Gasteiger partial charge in [-0.1, -0.05) is 42.5 Å². The summed E-state index contributed by atoms with van der Waals surface area (Å²) >= 11 is 0. The summed E-state index contributed by atoms with van der Waals surface area (Å²) in [5.74, 6) is -1.78. The zero-order valence-electron chi connectivity index (χ0n) is 12.5. The van der Waals surface area contributed by atoms with Crippen LogP contribution in [0.2, 0.25) is 0 Å². The minimum absolute atomic E-state index is 0.199. The van der Waals surface area contributed by atoms with E-state index in [2.05, 4.69) is 0 Å². The van der Waals surface area contributed by atoms with Gasteiger partial charge in [0.05, 0.1) is 0 Å². The Balaban J connectivity index is 1.94. The van der Waals surface area contributed by atoms with E-state index in [-0.39, 0.29) is 33.8 Å². The maximum Gasteiger partial charge on any atom is 0.193 e. The van der Waals surface area contributed by atoms with Gasteiger partial charge >= 0.3 is 0 Å². The molecule has 118 valence electrons. The fraction of sp³-hybridized carbons (Fsp3) is 0. The summed E-state index contributed by atoms with van der Waals surface area (Å²) in [6.45, 7) is 0. The molecule has 0 fully saturated rings. The number of benzene rings is 3. The van der Waals surface area contributed by atoms with Crippen molar-refractivity contribution in [2.75, 3.05) is 0 Å². The van der Waals surface area contributed by atoms with Crippen molar-refractivity contribution in [3.05, 3.63) is 107 Å². The summed E-state index contributed by atoms with van der Waals surface area (Å²) in [5.41, 5.74) is 0.932. The topological polar surface area (TPSA) is 34.1 Å². The van der Waals surface area contributed by atoms with Crippen LogP contribution < -0.4 is 0 Å². The highest BCUT2D eigenvalue weighted by Crippen LogP contribution is 2.16. The molecule has 0 heterocycles. The van der Waals surface area contributed by atoms with E-state index in [0.29, 0.717) is 0 Å². The molecule has 3 aromatic rings. The highest BCUT2D eigenvalue weighted by Gasteiger charge is 2.14. The summed E-state index contributed by atoms with van der Waals surface area (Å²) < 4.78 is 26.5. The van der Waals surface area contributed by atoms with Crippen molar-refractivity contribution >= 4 is 11.6 Å². The predicted molar refractivity (Wildman–Crippen MR) is 86.1 cm³/mol. The SMILES string of the molecule is O=C(c1cccc(F)c1)c1cccc(C(=O)c2cccc(F)c2)c1. The van der Waals surface area contributed by atoms with E-state index >= 15 is 0 Å². The molecule has 3 aromatic carbocycles. The number of carbonyl (C=O) groups excluding carboxylic acids is 2. The Morgan fingerprint density at radius 2 is 0.875 bits per heavy atom. The van der Waals surface area contributed by atoms with Gasteiger partial charge in [-0.15, -0.1) is 0 Å². The molecule has 0 atom stereocenters. The van der Waals surface area contributed by atoms with Crippen molar-refractivity contribution in [2.24, 2.45) is 0 Å². The first-order valence-corrected chi connectivity index (χ1v) is 7.25. The highest BCUT2D eigenvalue weighted by molar-refractivity contribution is 6.13. The summed E-state index contributed by atoms with van der Waals surface area (Å²) in [4.78, 5) is 24.9. The fourth-order valence-electron chi connectivity index (χ4n) is 2.39. The minimum Gasteiger partial charge on any atom is -0.289 e. The molecule has 0 amide bonds. The summed E-state index contributed by atoms with van der Waals surface area (Å²) in [6, 6.07) is 16.8. The first-order valence-electron chi connectivity index (χ1n) is 7.25. The van der Waals surface area contributed by atoms with Gasteiger partial charge in [-0.2, -0.15) is 0 Å². The second-order valence-electron chi connectivity index (χ2n) is 5.26. The Hall–Kier alpha value is -3.14. The zero-order valence-corrected chi connectivity index (χ0v) is 12.5. The van der Waals surface area contributed by atoms with Gasteiger partial charge in [0, 0.05) is 22.3 Å². The second kappa shape index (κ2) is 6.54. The van der Waals surface area contributed by atoms with Crippen LogP contribution in [0.3, 0.4) is 0 Å². The van der Waals surface area contributed by atoms with E-state index in [0.717, 1.165) is 12.1 Å². The van der Waals surface area contributed by atoms with Crippen LogP contribution in [0.25, 0.3) is 0 Å². The molecular formula is C20H12F2O2. The molecule has 0 aromatic heterocycles. The molecule has 0 N–H and O–H groups in total. The molecule has 0 saturated carbocycles. The summed E-state index contributed by atoms with van der Waals surface area (Å²) in [5, 5.41) is 0. The quantitative estimate of drug-likeness (QED) is 0.666. The molecule has 0 radical (unpaired) electrons. The molecule has 0 unspecified atom stereocenters. The number of hydrogen-bond donors (Lipinski definition) is 0. The molecule has 0 aliphatic rings. The second-order valence-corrected chi connectivity index (χ2v) is 5.26. The van der Waals surface area contributed by atoms with E-state index in [4.69, 9.17) is 0 Å². The highest BCUT2D eigenvalue weighted by atomic mass is 19.1. The molecule has 3 rings (SSSR count). The zero-order chi connectivity index (χ0) is 17.1. The van der Waals surface area contributed by atoms with E-state index < -0.39 is 11.6 Å². The van der Waals surface area contributed by atoms with Crippen LogP contribution in [0, 0.1) is 11.6 Å². The minimum atomic E-state index is -0.507. The van der Waals surface area contributed by atoms with Crippen LogP contribution in [0.4, 0.5) is 8.78 Å². The Bertz CT molecular complexity index is 859. The van der Waals surface area contributed by atoms with Gasteiger partial charge in [0.25, 0.3) is 0 Å². The molecule has 0 spiro atoms. The van der Waals surface area contributed by atoms with Crippen LogP contribution in [0.5, 0.6) is 0 Å². The van der Waals surface area contributed by atoms with Gasteiger partial charge in [0.15, 0.2) is 11.6 Å². The third kappa shape index (κ3) is 3.27. The number of carbonyl (C=O) groups is 2. The maximum atomic E-state index is 13.3. The number of ketones is 2. The van der Waals surface area contributed by atoms with Crippen molar-refractivity contribution in [3.63, 3.8) is 0 Å². The number of rotatable bonds is 4. The number of hydrogen-bond acceptors (Lipinski definition) is 2. The molecule has 0 aliphatic heterocycles. The normalized spacial score (nSPS) is 10.4. The van der Waals surface area contributed by atoms with Crippen LogP contribution in [0.1, 0.15) is 31.8 Å². The van der Waals surface area contributed by atoms with E-state index in [1.54, 1.807) is 18.2 Å². The standard InChI is InChI=1S/C20H12F2O2/c21-17-8-2-6-15(11-17)19(23)13-4-1-5-14(10-13)20(24)16-7-3-9-18(22)12-16/h1-12H. The van der Waals surface area contributed by atoms with E-state index in [1.807, 2.05) is 0 Å². The molecule has 4 heteroatoms. The van der Waals surface area contributed by atoms with Crippen molar-refractivity contribution in [1.29, 1.82) is 0 Å². The van der Waals surface area contributed by atoms with Gasteiger partial charge < -0.3 is 0 Å².